The Hall–Kier alpha value is -4.13. The Morgan fingerprint density at radius 3 is 2.52 bits per heavy atom. The molecule has 1 aromatic heterocycles. The van der Waals surface area contributed by atoms with Crippen LogP contribution in [0.1, 0.15) is 18.5 Å². The molecule has 7 nitrogen and oxygen atoms in total. The molecule has 0 saturated heterocycles. The van der Waals surface area contributed by atoms with Crippen LogP contribution in [0.5, 0.6) is 0 Å². The third-order valence-corrected chi connectivity index (χ3v) is 4.94. The summed E-state index contributed by atoms with van der Waals surface area (Å²) in [7, 11) is 0. The molecule has 0 radical (unpaired) electrons. The highest BCUT2D eigenvalue weighted by molar-refractivity contribution is 5.95. The number of para-hydroxylation sites is 1. The molecular formula is C24H22N4O3. The van der Waals surface area contributed by atoms with Gasteiger partial charge in [-0.15, -0.1) is 0 Å². The van der Waals surface area contributed by atoms with Crippen molar-refractivity contribution in [1.29, 1.82) is 0 Å². The lowest BCUT2D eigenvalue weighted by atomic mass is 9.94. The number of amides is 2. The fourth-order valence-corrected chi connectivity index (χ4v) is 3.54. The fraction of sp³-hybridized carbons (Fsp3) is 0.125. The van der Waals surface area contributed by atoms with Crippen molar-refractivity contribution in [2.75, 3.05) is 6.61 Å². The van der Waals surface area contributed by atoms with Crippen molar-refractivity contribution < 1.29 is 14.3 Å². The van der Waals surface area contributed by atoms with E-state index in [1.807, 2.05) is 66.9 Å². The number of rotatable bonds is 6. The van der Waals surface area contributed by atoms with Gasteiger partial charge in [0.1, 0.15) is 6.61 Å². The zero-order valence-corrected chi connectivity index (χ0v) is 17.0. The molecule has 4 rings (SSSR count). The van der Waals surface area contributed by atoms with E-state index in [4.69, 9.17) is 9.84 Å². The molecule has 0 unspecified atom stereocenters. The van der Waals surface area contributed by atoms with Gasteiger partial charge in [0, 0.05) is 23.0 Å². The van der Waals surface area contributed by atoms with Crippen molar-refractivity contribution >= 4 is 12.0 Å². The lowest BCUT2D eigenvalue weighted by molar-refractivity contribution is -0.138. The van der Waals surface area contributed by atoms with E-state index in [0.29, 0.717) is 22.5 Å². The highest BCUT2D eigenvalue weighted by Crippen LogP contribution is 2.34. The van der Waals surface area contributed by atoms with Gasteiger partial charge in [-0.25, -0.2) is 14.3 Å². The number of urea groups is 1. The Bertz CT molecular complexity index is 1150. The molecule has 31 heavy (non-hydrogen) atoms. The number of esters is 1. The number of carbonyl (C=O) groups excluding carboxylic acids is 2. The third kappa shape index (κ3) is 4.11. The van der Waals surface area contributed by atoms with Gasteiger partial charge in [-0.05, 0) is 19.1 Å². The monoisotopic (exact) mass is 414 g/mol. The quantitative estimate of drug-likeness (QED) is 0.473. The molecule has 0 spiro atoms. The van der Waals surface area contributed by atoms with Gasteiger partial charge in [0.15, 0.2) is 0 Å². The molecule has 3 aromatic rings. The lowest BCUT2D eigenvalue weighted by Crippen LogP contribution is -2.45. The average Bonchev–Trinajstić information content (AvgIpc) is 3.23. The SMILES string of the molecule is C=CCOC(=O)C1=C(C)NC(=O)N[C@H]1c1cn(-c2ccccc2)nc1-c1ccccc1. The third-order valence-electron chi connectivity index (χ3n) is 4.94. The lowest BCUT2D eigenvalue weighted by Gasteiger charge is -2.27. The van der Waals surface area contributed by atoms with Crippen molar-refractivity contribution in [3.05, 3.63) is 96.3 Å². The van der Waals surface area contributed by atoms with E-state index in [2.05, 4.69) is 17.2 Å². The number of nitrogens with one attached hydrogen (secondary N) is 2. The Morgan fingerprint density at radius 1 is 1.16 bits per heavy atom. The molecular weight excluding hydrogens is 392 g/mol. The molecule has 0 bridgehead atoms. The molecule has 2 heterocycles. The van der Waals surface area contributed by atoms with Gasteiger partial charge in [0.25, 0.3) is 0 Å². The summed E-state index contributed by atoms with van der Waals surface area (Å²) in [5.74, 6) is -0.527. The summed E-state index contributed by atoms with van der Waals surface area (Å²) in [6, 6.07) is 18.2. The number of benzene rings is 2. The van der Waals surface area contributed by atoms with Crippen molar-refractivity contribution in [3.8, 4) is 16.9 Å². The average molecular weight is 414 g/mol. The van der Waals surface area contributed by atoms with Crippen LogP contribution in [0.2, 0.25) is 0 Å². The maximum atomic E-state index is 12.8. The number of hydrogen-bond donors (Lipinski definition) is 2. The second-order valence-corrected chi connectivity index (χ2v) is 7.04. The summed E-state index contributed by atoms with van der Waals surface area (Å²) in [4.78, 5) is 25.1. The summed E-state index contributed by atoms with van der Waals surface area (Å²) in [5.41, 5.74) is 3.85. The van der Waals surface area contributed by atoms with Gasteiger partial charge in [0.2, 0.25) is 0 Å². The first-order valence-electron chi connectivity index (χ1n) is 9.85. The minimum Gasteiger partial charge on any atom is -0.458 e. The van der Waals surface area contributed by atoms with Gasteiger partial charge in [-0.1, -0.05) is 61.2 Å². The molecule has 2 aromatic carbocycles. The number of allylic oxidation sites excluding steroid dienone is 1. The van der Waals surface area contributed by atoms with E-state index < -0.39 is 18.0 Å². The van der Waals surface area contributed by atoms with Crippen LogP contribution in [-0.4, -0.2) is 28.4 Å². The van der Waals surface area contributed by atoms with Gasteiger partial charge in [0.05, 0.1) is 23.0 Å². The van der Waals surface area contributed by atoms with Crippen LogP contribution in [0.4, 0.5) is 4.79 Å². The Labute approximate surface area is 180 Å². The molecule has 0 aliphatic carbocycles. The van der Waals surface area contributed by atoms with Crippen LogP contribution in [0.15, 0.2) is 90.8 Å². The number of ether oxygens (including phenoxy) is 1. The molecule has 2 amide bonds. The molecule has 1 aliphatic rings. The number of nitrogens with zero attached hydrogens (tertiary/aromatic N) is 2. The van der Waals surface area contributed by atoms with Crippen LogP contribution in [-0.2, 0) is 9.53 Å². The van der Waals surface area contributed by atoms with Crippen LogP contribution < -0.4 is 10.6 Å². The predicted octanol–water partition coefficient (Wildman–Crippen LogP) is 3.90. The smallest absolute Gasteiger partial charge is 0.338 e. The molecule has 2 N–H and O–H groups in total. The predicted molar refractivity (Wildman–Crippen MR) is 117 cm³/mol. The molecule has 7 heteroatoms. The van der Waals surface area contributed by atoms with E-state index in [9.17, 15) is 9.59 Å². The van der Waals surface area contributed by atoms with Crippen molar-refractivity contribution in [3.63, 3.8) is 0 Å². The zero-order chi connectivity index (χ0) is 21.8. The highest BCUT2D eigenvalue weighted by Gasteiger charge is 2.35. The second-order valence-electron chi connectivity index (χ2n) is 7.04. The molecule has 0 saturated carbocycles. The van der Waals surface area contributed by atoms with Crippen LogP contribution in [0.3, 0.4) is 0 Å². The minimum absolute atomic E-state index is 0.0745. The first kappa shape index (κ1) is 20.2. The van der Waals surface area contributed by atoms with Crippen LogP contribution in [0, 0.1) is 0 Å². The van der Waals surface area contributed by atoms with Crippen molar-refractivity contribution in [1.82, 2.24) is 20.4 Å². The van der Waals surface area contributed by atoms with Crippen LogP contribution >= 0.6 is 0 Å². The Morgan fingerprint density at radius 2 is 1.84 bits per heavy atom. The molecule has 1 atom stereocenters. The fourth-order valence-electron chi connectivity index (χ4n) is 3.54. The van der Waals surface area contributed by atoms with Crippen molar-refractivity contribution in [2.24, 2.45) is 0 Å². The second kappa shape index (κ2) is 8.71. The van der Waals surface area contributed by atoms with Crippen LogP contribution in [0.25, 0.3) is 16.9 Å². The van der Waals surface area contributed by atoms with E-state index in [-0.39, 0.29) is 6.61 Å². The van der Waals surface area contributed by atoms with Gasteiger partial charge < -0.3 is 15.4 Å². The van der Waals surface area contributed by atoms with Gasteiger partial charge in [-0.3, -0.25) is 0 Å². The van der Waals surface area contributed by atoms with E-state index in [1.165, 1.54) is 6.08 Å². The Kier molecular flexibility index (Phi) is 5.66. The minimum atomic E-state index is -0.723. The first-order chi connectivity index (χ1) is 15.1. The molecule has 156 valence electrons. The largest absolute Gasteiger partial charge is 0.458 e. The highest BCUT2D eigenvalue weighted by atomic mass is 16.5. The topological polar surface area (TPSA) is 85.2 Å². The normalized spacial score (nSPS) is 15.8. The van der Waals surface area contributed by atoms with E-state index >= 15 is 0 Å². The Balaban J connectivity index is 1.87. The van der Waals surface area contributed by atoms with E-state index in [0.717, 1.165) is 11.3 Å². The molecule has 1 aliphatic heterocycles. The summed E-state index contributed by atoms with van der Waals surface area (Å²) in [5, 5.41) is 10.3. The van der Waals surface area contributed by atoms with Crippen molar-refractivity contribution in [2.45, 2.75) is 13.0 Å². The van der Waals surface area contributed by atoms with E-state index in [1.54, 1.807) is 11.6 Å². The molecule has 0 fully saturated rings. The number of carbonyl (C=O) groups is 2. The van der Waals surface area contributed by atoms with Gasteiger partial charge in [-0.2, -0.15) is 5.10 Å². The summed E-state index contributed by atoms with van der Waals surface area (Å²) in [6.45, 7) is 5.34. The maximum absolute atomic E-state index is 12.8. The standard InChI is InChI=1S/C24H22N4O3/c1-3-14-31-23(29)20-16(2)25-24(30)26-22(20)19-15-28(18-12-8-5-9-13-18)27-21(19)17-10-6-4-7-11-17/h3-13,15,22H,1,14H2,2H3,(H2,25,26,30)/t22-/m0/s1. The maximum Gasteiger partial charge on any atom is 0.338 e. The zero-order valence-electron chi connectivity index (χ0n) is 17.0. The number of hydrogen-bond acceptors (Lipinski definition) is 4. The summed E-state index contributed by atoms with van der Waals surface area (Å²) < 4.78 is 7.04. The summed E-state index contributed by atoms with van der Waals surface area (Å²) in [6.07, 6.45) is 3.34. The first-order valence-corrected chi connectivity index (χ1v) is 9.85. The van der Waals surface area contributed by atoms with Gasteiger partial charge >= 0.3 is 12.0 Å². The summed E-state index contributed by atoms with van der Waals surface area (Å²) >= 11 is 0. The number of aromatic nitrogens is 2.